The molecule has 0 aromatic heterocycles. The molecule has 1 rings (SSSR count). The maximum Gasteiger partial charge on any atom is 0.243 e. The van der Waals surface area contributed by atoms with Crippen molar-refractivity contribution in [2.45, 2.75) is 33.7 Å². The molecule has 6 heteroatoms. The third-order valence-electron chi connectivity index (χ3n) is 3.60. The Bertz CT molecular complexity index is 584. The zero-order chi connectivity index (χ0) is 18.3. The van der Waals surface area contributed by atoms with E-state index in [1.54, 1.807) is 27.1 Å². The predicted octanol–water partition coefficient (Wildman–Crippen LogP) is 2.47. The summed E-state index contributed by atoms with van der Waals surface area (Å²) in [4.78, 5) is 17.6. The van der Waals surface area contributed by atoms with E-state index in [1.165, 1.54) is 11.0 Å². The zero-order valence-electron chi connectivity index (χ0n) is 15.5. The molecule has 1 atom stereocenters. The Morgan fingerprint density at radius 1 is 1.29 bits per heavy atom. The molecule has 0 spiro atoms. The fourth-order valence-corrected chi connectivity index (χ4v) is 1.91. The molecule has 134 valence electrons. The number of guanidine groups is 1. The number of hydrogen-bond acceptors (Lipinski definition) is 2. The molecule has 24 heavy (non-hydrogen) atoms. The largest absolute Gasteiger partial charge is 0.356 e. The third kappa shape index (κ3) is 6.56. The minimum atomic E-state index is -0.224. The highest BCUT2D eigenvalue weighted by Crippen LogP contribution is 2.16. The molecule has 5 nitrogen and oxygen atoms in total. The zero-order valence-corrected chi connectivity index (χ0v) is 15.5. The fourth-order valence-electron chi connectivity index (χ4n) is 1.91. The van der Waals surface area contributed by atoms with Crippen molar-refractivity contribution in [2.24, 2.45) is 10.9 Å². The van der Waals surface area contributed by atoms with Crippen molar-refractivity contribution in [3.63, 3.8) is 0 Å². The normalized spacial score (nSPS) is 12.9. The highest BCUT2D eigenvalue weighted by Gasteiger charge is 2.11. The number of likely N-dealkylation sites (N-methyl/N-ethyl adjacent to an activating group) is 1. The van der Waals surface area contributed by atoms with Gasteiger partial charge in [-0.2, -0.15) is 0 Å². The van der Waals surface area contributed by atoms with Gasteiger partial charge in [-0.15, -0.1) is 0 Å². The van der Waals surface area contributed by atoms with E-state index < -0.39 is 0 Å². The fraction of sp³-hybridized carbons (Fsp3) is 0.556. The van der Waals surface area contributed by atoms with E-state index in [0.29, 0.717) is 17.4 Å². The topological polar surface area (TPSA) is 56.7 Å². The summed E-state index contributed by atoms with van der Waals surface area (Å²) in [6.07, 6.45) is 0. The van der Waals surface area contributed by atoms with Crippen LogP contribution < -0.4 is 10.6 Å². The first-order valence-electron chi connectivity index (χ1n) is 8.21. The van der Waals surface area contributed by atoms with E-state index in [2.05, 4.69) is 29.5 Å². The molecule has 0 bridgehead atoms. The number of aliphatic imine (C=N–C) groups is 1. The van der Waals surface area contributed by atoms with Gasteiger partial charge in [-0.25, -0.2) is 9.38 Å². The van der Waals surface area contributed by atoms with Crippen LogP contribution in [0, 0.1) is 18.7 Å². The van der Waals surface area contributed by atoms with Crippen molar-refractivity contribution < 1.29 is 9.18 Å². The molecule has 0 saturated heterocycles. The number of aryl methyl sites for hydroxylation is 1. The number of benzene rings is 1. The van der Waals surface area contributed by atoms with Crippen molar-refractivity contribution in [3.8, 4) is 0 Å². The van der Waals surface area contributed by atoms with Crippen LogP contribution in [0.4, 0.5) is 4.39 Å². The van der Waals surface area contributed by atoms with Crippen molar-refractivity contribution in [3.05, 3.63) is 35.1 Å². The quantitative estimate of drug-likeness (QED) is 0.620. The molecular formula is C18H29FN4O. The Balaban J connectivity index is 2.83. The van der Waals surface area contributed by atoms with Gasteiger partial charge in [0.2, 0.25) is 5.91 Å². The minimum absolute atomic E-state index is 0.0649. The molecule has 0 radical (unpaired) electrons. The lowest BCUT2D eigenvalue weighted by Crippen LogP contribution is -2.41. The van der Waals surface area contributed by atoms with Gasteiger partial charge in [0.1, 0.15) is 12.4 Å². The molecule has 0 saturated carbocycles. The summed E-state index contributed by atoms with van der Waals surface area (Å²) in [6, 6.07) is 5.05. The number of nitrogens with one attached hydrogen (secondary N) is 2. The van der Waals surface area contributed by atoms with Gasteiger partial charge in [0.05, 0.1) is 6.04 Å². The molecule has 0 aliphatic carbocycles. The predicted molar refractivity (Wildman–Crippen MR) is 96.5 cm³/mol. The summed E-state index contributed by atoms with van der Waals surface area (Å²) in [7, 11) is 3.40. The highest BCUT2D eigenvalue weighted by molar-refractivity contribution is 5.85. The minimum Gasteiger partial charge on any atom is -0.356 e. The second-order valence-corrected chi connectivity index (χ2v) is 6.60. The van der Waals surface area contributed by atoms with Gasteiger partial charge >= 0.3 is 0 Å². The molecule has 0 aliphatic rings. The van der Waals surface area contributed by atoms with E-state index in [0.717, 1.165) is 12.1 Å². The first-order valence-corrected chi connectivity index (χ1v) is 8.21. The molecule has 2 N–H and O–H groups in total. The maximum absolute atomic E-state index is 13.7. The van der Waals surface area contributed by atoms with Crippen LogP contribution in [0.1, 0.15) is 37.9 Å². The van der Waals surface area contributed by atoms with E-state index in [1.807, 2.05) is 13.0 Å². The SMILES string of the molecule is Cc1ccc(C(C)NC(=NCC(=O)N(C)C)NCC(C)C)cc1F. The van der Waals surface area contributed by atoms with Gasteiger partial charge in [-0.3, -0.25) is 4.79 Å². The van der Waals surface area contributed by atoms with E-state index in [4.69, 9.17) is 0 Å². The van der Waals surface area contributed by atoms with Crippen molar-refractivity contribution in [2.75, 3.05) is 27.2 Å². The number of amides is 1. The molecule has 1 amide bonds. The molecule has 0 aliphatic heterocycles. The van der Waals surface area contributed by atoms with Crippen LogP contribution in [0.5, 0.6) is 0 Å². The number of carbonyl (C=O) groups excluding carboxylic acids is 1. The van der Waals surface area contributed by atoms with Crippen LogP contribution in [0.15, 0.2) is 23.2 Å². The number of rotatable bonds is 6. The lowest BCUT2D eigenvalue weighted by molar-refractivity contribution is -0.127. The van der Waals surface area contributed by atoms with Gasteiger partial charge < -0.3 is 15.5 Å². The second kappa shape index (κ2) is 9.25. The van der Waals surface area contributed by atoms with Crippen molar-refractivity contribution >= 4 is 11.9 Å². The summed E-state index contributed by atoms with van der Waals surface area (Å²) in [5, 5.41) is 6.45. The van der Waals surface area contributed by atoms with Gasteiger partial charge in [-0.1, -0.05) is 26.0 Å². The van der Waals surface area contributed by atoms with Crippen molar-refractivity contribution in [1.29, 1.82) is 0 Å². The maximum atomic E-state index is 13.7. The lowest BCUT2D eigenvalue weighted by atomic mass is 10.1. The lowest BCUT2D eigenvalue weighted by Gasteiger charge is -2.20. The van der Waals surface area contributed by atoms with Crippen LogP contribution in [0.2, 0.25) is 0 Å². The third-order valence-corrected chi connectivity index (χ3v) is 3.60. The van der Waals surface area contributed by atoms with Crippen LogP contribution in [-0.4, -0.2) is 44.0 Å². The van der Waals surface area contributed by atoms with Gasteiger partial charge in [-0.05, 0) is 37.0 Å². The van der Waals surface area contributed by atoms with E-state index in [-0.39, 0.29) is 24.3 Å². The van der Waals surface area contributed by atoms with Gasteiger partial charge in [0.25, 0.3) is 0 Å². The first-order chi connectivity index (χ1) is 11.2. The molecule has 0 heterocycles. The summed E-state index contributed by atoms with van der Waals surface area (Å²) in [6.45, 7) is 8.65. The smallest absolute Gasteiger partial charge is 0.243 e. The average molecular weight is 336 g/mol. The Morgan fingerprint density at radius 2 is 1.96 bits per heavy atom. The van der Waals surface area contributed by atoms with E-state index in [9.17, 15) is 9.18 Å². The first kappa shape index (κ1) is 19.9. The number of carbonyl (C=O) groups is 1. The van der Waals surface area contributed by atoms with Crippen LogP contribution in [-0.2, 0) is 4.79 Å². The monoisotopic (exact) mass is 336 g/mol. The average Bonchev–Trinajstić information content (AvgIpc) is 2.51. The molecular weight excluding hydrogens is 307 g/mol. The van der Waals surface area contributed by atoms with Crippen LogP contribution in [0.3, 0.4) is 0 Å². The van der Waals surface area contributed by atoms with Gasteiger partial charge in [0, 0.05) is 20.6 Å². The highest BCUT2D eigenvalue weighted by atomic mass is 19.1. The van der Waals surface area contributed by atoms with Crippen LogP contribution >= 0.6 is 0 Å². The summed E-state index contributed by atoms with van der Waals surface area (Å²) in [5.41, 5.74) is 1.45. The Hall–Kier alpha value is -2.11. The molecule has 1 unspecified atom stereocenters. The standard InChI is InChI=1S/C18H29FN4O/c1-12(2)10-20-18(21-11-17(24)23(5)6)22-14(4)15-8-7-13(3)16(19)9-15/h7-9,12,14H,10-11H2,1-6H3,(H2,20,21,22). The van der Waals surface area contributed by atoms with Crippen molar-refractivity contribution in [1.82, 2.24) is 15.5 Å². The summed E-state index contributed by atoms with van der Waals surface area (Å²) < 4.78 is 13.7. The Kier molecular flexibility index (Phi) is 7.68. The number of hydrogen-bond donors (Lipinski definition) is 2. The van der Waals surface area contributed by atoms with Gasteiger partial charge in [0.15, 0.2) is 5.96 Å². The molecule has 1 aromatic carbocycles. The number of halogens is 1. The summed E-state index contributed by atoms with van der Waals surface area (Å²) >= 11 is 0. The van der Waals surface area contributed by atoms with Crippen LogP contribution in [0.25, 0.3) is 0 Å². The summed E-state index contributed by atoms with van der Waals surface area (Å²) in [5.74, 6) is 0.688. The number of nitrogens with zero attached hydrogens (tertiary/aromatic N) is 2. The molecule has 1 aromatic rings. The second-order valence-electron chi connectivity index (χ2n) is 6.60. The Morgan fingerprint density at radius 3 is 2.50 bits per heavy atom. The molecule has 0 fully saturated rings. The van der Waals surface area contributed by atoms with E-state index >= 15 is 0 Å². The Labute approximate surface area is 144 Å².